The van der Waals surface area contributed by atoms with Crippen LogP contribution >= 0.6 is 23.2 Å². The second-order valence-electron chi connectivity index (χ2n) is 5.54. The van der Waals surface area contributed by atoms with Crippen LogP contribution in [0.5, 0.6) is 0 Å². The first kappa shape index (κ1) is 15.9. The highest BCUT2D eigenvalue weighted by atomic mass is 35.5. The minimum Gasteiger partial charge on any atom is -0.464 e. The number of carbonyl (C=O) groups is 1. The van der Waals surface area contributed by atoms with Crippen LogP contribution in [0.4, 0.5) is 5.69 Å². The summed E-state index contributed by atoms with van der Waals surface area (Å²) in [5.74, 6) is -0.170. The quantitative estimate of drug-likeness (QED) is 0.675. The van der Waals surface area contributed by atoms with Crippen LogP contribution in [0.25, 0.3) is 11.0 Å². The van der Waals surface area contributed by atoms with E-state index in [9.17, 15) is 4.79 Å². The molecule has 0 aliphatic rings. The minimum atomic E-state index is -0.170. The summed E-state index contributed by atoms with van der Waals surface area (Å²) >= 11 is 12.0. The summed E-state index contributed by atoms with van der Waals surface area (Å²) in [7, 11) is 0. The molecule has 0 fully saturated rings. The van der Waals surface area contributed by atoms with E-state index in [0.717, 1.165) is 27.7 Å². The monoisotopic (exact) mass is 347 g/mol. The minimum absolute atomic E-state index is 0.170. The number of hydrogen-bond acceptors (Lipinski definition) is 2. The van der Waals surface area contributed by atoms with Crippen molar-refractivity contribution in [3.05, 3.63) is 63.3 Å². The summed E-state index contributed by atoms with van der Waals surface area (Å²) in [6, 6.07) is 9.18. The SMILES string of the molecule is Cc1cc(C)c2c(CC(=O)Nc3cccc(Cl)c3Cl)coc2c1. The number of halogens is 2. The molecule has 0 spiro atoms. The van der Waals surface area contributed by atoms with Crippen molar-refractivity contribution < 1.29 is 9.21 Å². The van der Waals surface area contributed by atoms with Crippen LogP contribution in [0, 0.1) is 13.8 Å². The molecule has 0 bridgehead atoms. The van der Waals surface area contributed by atoms with Crippen LogP contribution in [0.15, 0.2) is 41.0 Å². The number of anilines is 1. The maximum absolute atomic E-state index is 12.3. The van der Waals surface area contributed by atoms with Gasteiger partial charge in [-0.3, -0.25) is 4.79 Å². The molecular weight excluding hydrogens is 333 g/mol. The Labute approximate surface area is 144 Å². The number of hydrogen-bond donors (Lipinski definition) is 1. The summed E-state index contributed by atoms with van der Waals surface area (Å²) in [5.41, 5.74) is 4.38. The first-order valence-electron chi connectivity index (χ1n) is 7.17. The molecular formula is C18H15Cl2NO2. The molecule has 0 unspecified atom stereocenters. The van der Waals surface area contributed by atoms with Gasteiger partial charge in [-0.25, -0.2) is 0 Å². The lowest BCUT2D eigenvalue weighted by Crippen LogP contribution is -2.14. The molecule has 2 aromatic carbocycles. The smallest absolute Gasteiger partial charge is 0.228 e. The third-order valence-corrected chi connectivity index (χ3v) is 4.49. The average molecular weight is 348 g/mol. The van der Waals surface area contributed by atoms with Gasteiger partial charge >= 0.3 is 0 Å². The Balaban J connectivity index is 1.85. The first-order chi connectivity index (χ1) is 11.0. The molecule has 0 saturated heterocycles. The van der Waals surface area contributed by atoms with Gasteiger partial charge in [0.1, 0.15) is 5.58 Å². The van der Waals surface area contributed by atoms with Crippen LogP contribution < -0.4 is 5.32 Å². The molecule has 5 heteroatoms. The van der Waals surface area contributed by atoms with Crippen LogP contribution in [-0.4, -0.2) is 5.91 Å². The van der Waals surface area contributed by atoms with Crippen molar-refractivity contribution in [2.75, 3.05) is 5.32 Å². The fraction of sp³-hybridized carbons (Fsp3) is 0.167. The Bertz CT molecular complexity index is 899. The molecule has 1 amide bonds. The van der Waals surface area contributed by atoms with E-state index < -0.39 is 0 Å². The summed E-state index contributed by atoms with van der Waals surface area (Å²) in [5, 5.41) is 4.52. The molecule has 118 valence electrons. The Kier molecular flexibility index (Phi) is 4.33. The van der Waals surface area contributed by atoms with Gasteiger partial charge in [0.15, 0.2) is 0 Å². The van der Waals surface area contributed by atoms with E-state index in [0.29, 0.717) is 15.7 Å². The van der Waals surface area contributed by atoms with E-state index in [-0.39, 0.29) is 12.3 Å². The van der Waals surface area contributed by atoms with Gasteiger partial charge < -0.3 is 9.73 Å². The Morgan fingerprint density at radius 3 is 2.78 bits per heavy atom. The third-order valence-electron chi connectivity index (χ3n) is 3.67. The van der Waals surface area contributed by atoms with Crippen molar-refractivity contribution in [1.29, 1.82) is 0 Å². The zero-order chi connectivity index (χ0) is 16.6. The second-order valence-corrected chi connectivity index (χ2v) is 6.33. The van der Waals surface area contributed by atoms with Crippen molar-refractivity contribution in [1.82, 2.24) is 0 Å². The van der Waals surface area contributed by atoms with E-state index in [1.54, 1.807) is 24.5 Å². The second kappa shape index (κ2) is 6.26. The Morgan fingerprint density at radius 2 is 2.00 bits per heavy atom. The Hall–Kier alpha value is -1.97. The van der Waals surface area contributed by atoms with E-state index in [1.165, 1.54) is 0 Å². The van der Waals surface area contributed by atoms with Crippen LogP contribution in [0.3, 0.4) is 0 Å². The molecule has 1 heterocycles. The van der Waals surface area contributed by atoms with Crippen molar-refractivity contribution in [3.63, 3.8) is 0 Å². The fourth-order valence-corrected chi connectivity index (χ4v) is 3.07. The van der Waals surface area contributed by atoms with Crippen LogP contribution in [0.1, 0.15) is 16.7 Å². The Morgan fingerprint density at radius 1 is 1.22 bits per heavy atom. The zero-order valence-corrected chi connectivity index (χ0v) is 14.3. The van der Waals surface area contributed by atoms with Crippen LogP contribution in [0.2, 0.25) is 10.0 Å². The highest BCUT2D eigenvalue weighted by Gasteiger charge is 2.14. The van der Waals surface area contributed by atoms with E-state index in [4.69, 9.17) is 27.6 Å². The standard InChI is InChI=1S/C18H15Cl2NO2/c1-10-6-11(2)17-12(9-23-15(17)7-10)8-16(22)21-14-5-3-4-13(19)18(14)20/h3-7,9H,8H2,1-2H3,(H,21,22). The van der Waals surface area contributed by atoms with Gasteiger partial charge in [-0.15, -0.1) is 0 Å². The van der Waals surface area contributed by atoms with Gasteiger partial charge in [0.2, 0.25) is 5.91 Å². The lowest BCUT2D eigenvalue weighted by Gasteiger charge is -2.08. The van der Waals surface area contributed by atoms with Crippen LogP contribution in [-0.2, 0) is 11.2 Å². The molecule has 0 aliphatic heterocycles. The van der Waals surface area contributed by atoms with Crippen molar-refractivity contribution >= 4 is 45.8 Å². The lowest BCUT2D eigenvalue weighted by atomic mass is 10.0. The molecule has 3 aromatic rings. The number of benzene rings is 2. The van der Waals surface area contributed by atoms with Gasteiger partial charge in [0, 0.05) is 10.9 Å². The molecule has 0 radical (unpaired) electrons. The predicted octanol–water partition coefficient (Wildman–Crippen LogP) is 5.54. The van der Waals surface area contributed by atoms with Gasteiger partial charge in [-0.1, -0.05) is 35.3 Å². The number of furan rings is 1. The first-order valence-corrected chi connectivity index (χ1v) is 7.92. The zero-order valence-electron chi connectivity index (χ0n) is 12.7. The van der Waals surface area contributed by atoms with Gasteiger partial charge in [-0.2, -0.15) is 0 Å². The lowest BCUT2D eigenvalue weighted by molar-refractivity contribution is -0.115. The van der Waals surface area contributed by atoms with Crippen molar-refractivity contribution in [2.45, 2.75) is 20.3 Å². The molecule has 3 rings (SSSR count). The summed E-state index contributed by atoms with van der Waals surface area (Å²) in [6.07, 6.45) is 1.84. The summed E-state index contributed by atoms with van der Waals surface area (Å²) < 4.78 is 5.58. The third kappa shape index (κ3) is 3.21. The molecule has 0 aliphatic carbocycles. The van der Waals surface area contributed by atoms with Gasteiger partial charge in [0.05, 0.1) is 28.4 Å². The summed E-state index contributed by atoms with van der Waals surface area (Å²) in [6.45, 7) is 4.03. The van der Waals surface area contributed by atoms with Gasteiger partial charge in [0.25, 0.3) is 0 Å². The molecule has 1 N–H and O–H groups in total. The van der Waals surface area contributed by atoms with Crippen molar-refractivity contribution in [2.24, 2.45) is 0 Å². The number of carbonyl (C=O) groups excluding carboxylic acids is 1. The van der Waals surface area contributed by atoms with Crippen molar-refractivity contribution in [3.8, 4) is 0 Å². The predicted molar refractivity (Wildman–Crippen MR) is 94.5 cm³/mol. The average Bonchev–Trinajstić information content (AvgIpc) is 2.86. The topological polar surface area (TPSA) is 42.2 Å². The maximum atomic E-state index is 12.3. The number of nitrogens with one attached hydrogen (secondary N) is 1. The van der Waals surface area contributed by atoms with Gasteiger partial charge in [-0.05, 0) is 43.2 Å². The number of amides is 1. The maximum Gasteiger partial charge on any atom is 0.228 e. The van der Waals surface area contributed by atoms with E-state index >= 15 is 0 Å². The highest BCUT2D eigenvalue weighted by molar-refractivity contribution is 6.44. The molecule has 1 aromatic heterocycles. The molecule has 3 nitrogen and oxygen atoms in total. The van der Waals surface area contributed by atoms with E-state index in [1.807, 2.05) is 19.9 Å². The molecule has 0 saturated carbocycles. The fourth-order valence-electron chi connectivity index (χ4n) is 2.72. The normalized spacial score (nSPS) is 11.0. The number of fused-ring (bicyclic) bond motifs is 1. The summed E-state index contributed by atoms with van der Waals surface area (Å²) in [4.78, 5) is 12.3. The van der Waals surface area contributed by atoms with E-state index in [2.05, 4.69) is 11.4 Å². The number of rotatable bonds is 3. The molecule has 0 atom stereocenters. The highest BCUT2D eigenvalue weighted by Crippen LogP contribution is 2.30. The molecule has 23 heavy (non-hydrogen) atoms. The largest absolute Gasteiger partial charge is 0.464 e. The number of aryl methyl sites for hydroxylation is 2.